The molecule has 2 heterocycles. The van der Waals surface area contributed by atoms with Crippen molar-refractivity contribution in [2.45, 2.75) is 84.0 Å². The molecule has 1 amide bonds. The first-order valence-electron chi connectivity index (χ1n) is 7.57. The quantitative estimate of drug-likeness (QED) is 0.778. The molecule has 0 aromatic carbocycles. The summed E-state index contributed by atoms with van der Waals surface area (Å²) < 4.78 is 0. The van der Waals surface area contributed by atoms with Crippen molar-refractivity contribution in [1.82, 2.24) is 10.2 Å². The van der Waals surface area contributed by atoms with Crippen LogP contribution in [0.4, 0.5) is 0 Å². The number of nitrogens with one attached hydrogen (secondary N) is 1. The minimum atomic E-state index is 0.0479. The largest absolute Gasteiger partial charge is 0.336 e. The van der Waals surface area contributed by atoms with Gasteiger partial charge in [-0.15, -0.1) is 0 Å². The number of nitrogens with zero attached hydrogens (tertiary/aromatic N) is 1. The molecule has 0 aromatic rings. The molecule has 104 valence electrons. The molecule has 2 aliphatic rings. The van der Waals surface area contributed by atoms with Crippen LogP contribution in [0.1, 0.15) is 59.8 Å². The number of carbonyl (C=O) groups excluding carboxylic acids is 1. The lowest BCUT2D eigenvalue weighted by molar-refractivity contribution is -0.141. The zero-order chi connectivity index (χ0) is 13.3. The first-order valence-corrected chi connectivity index (χ1v) is 7.57. The highest BCUT2D eigenvalue weighted by Crippen LogP contribution is 2.26. The van der Waals surface area contributed by atoms with Gasteiger partial charge in [0.1, 0.15) is 0 Å². The molecular formula is C15H28N2O. The highest BCUT2D eigenvalue weighted by molar-refractivity contribution is 5.82. The third kappa shape index (κ3) is 2.87. The number of amides is 1. The number of hydrogen-bond acceptors (Lipinski definition) is 2. The molecule has 0 aliphatic carbocycles. The van der Waals surface area contributed by atoms with Crippen LogP contribution in [0.15, 0.2) is 0 Å². The average molecular weight is 252 g/mol. The molecule has 0 spiro atoms. The van der Waals surface area contributed by atoms with Gasteiger partial charge in [0.25, 0.3) is 0 Å². The zero-order valence-electron chi connectivity index (χ0n) is 12.3. The Morgan fingerprint density at radius 3 is 2.22 bits per heavy atom. The number of likely N-dealkylation sites (tertiary alicyclic amines) is 1. The van der Waals surface area contributed by atoms with Crippen molar-refractivity contribution >= 4 is 5.91 Å². The van der Waals surface area contributed by atoms with Gasteiger partial charge in [0.15, 0.2) is 0 Å². The van der Waals surface area contributed by atoms with Crippen LogP contribution in [0.5, 0.6) is 0 Å². The predicted molar refractivity (Wildman–Crippen MR) is 74.4 cm³/mol. The molecule has 2 rings (SSSR count). The Morgan fingerprint density at radius 1 is 1.06 bits per heavy atom. The summed E-state index contributed by atoms with van der Waals surface area (Å²) in [6.07, 6.45) is 5.77. The second kappa shape index (κ2) is 5.60. The highest BCUT2D eigenvalue weighted by atomic mass is 16.2. The Hall–Kier alpha value is -0.570. The molecular weight excluding hydrogens is 224 g/mol. The van der Waals surface area contributed by atoms with Gasteiger partial charge in [0.2, 0.25) is 5.91 Å². The molecule has 1 N–H and O–H groups in total. The van der Waals surface area contributed by atoms with E-state index in [-0.39, 0.29) is 6.04 Å². The summed E-state index contributed by atoms with van der Waals surface area (Å²) in [5, 5.41) is 3.49. The Labute approximate surface area is 111 Å². The standard InChI is InChI=1S/C15H28N2O/c1-10-8-11(2)16-14(9-10)15(18)17-12(3)6-5-7-13(17)4/h10-14,16H,5-9H2,1-4H3/t10?,11?,12-,13+,14?. The van der Waals surface area contributed by atoms with Gasteiger partial charge in [-0.3, -0.25) is 4.79 Å². The van der Waals surface area contributed by atoms with Gasteiger partial charge < -0.3 is 10.2 Å². The number of piperidine rings is 2. The van der Waals surface area contributed by atoms with Crippen LogP contribution in [0, 0.1) is 5.92 Å². The van der Waals surface area contributed by atoms with Gasteiger partial charge in [-0.05, 0) is 58.8 Å². The predicted octanol–water partition coefficient (Wildman–Crippen LogP) is 2.55. The van der Waals surface area contributed by atoms with E-state index < -0.39 is 0 Å². The summed E-state index contributed by atoms with van der Waals surface area (Å²) in [6, 6.07) is 1.34. The SMILES string of the molecule is CC1CC(C)NC(C(=O)N2[C@H](C)CCC[C@@H]2C)C1. The third-order valence-electron chi connectivity index (χ3n) is 4.63. The molecule has 0 radical (unpaired) electrons. The van der Waals surface area contributed by atoms with Crippen molar-refractivity contribution in [1.29, 1.82) is 0 Å². The monoisotopic (exact) mass is 252 g/mol. The average Bonchev–Trinajstić information content (AvgIpc) is 2.27. The van der Waals surface area contributed by atoms with Crippen LogP contribution < -0.4 is 5.32 Å². The van der Waals surface area contributed by atoms with Crippen LogP contribution in [0.2, 0.25) is 0 Å². The fourth-order valence-corrected chi connectivity index (χ4v) is 3.79. The van der Waals surface area contributed by atoms with Crippen molar-refractivity contribution < 1.29 is 4.79 Å². The minimum absolute atomic E-state index is 0.0479. The Balaban J connectivity index is 2.05. The fourth-order valence-electron chi connectivity index (χ4n) is 3.79. The van der Waals surface area contributed by atoms with E-state index in [0.717, 1.165) is 19.3 Å². The van der Waals surface area contributed by atoms with Crippen LogP contribution in [-0.4, -0.2) is 35.0 Å². The Kier molecular flexibility index (Phi) is 4.31. The van der Waals surface area contributed by atoms with E-state index in [1.807, 2.05) is 0 Å². The fraction of sp³-hybridized carbons (Fsp3) is 0.933. The molecule has 3 unspecified atom stereocenters. The lowest BCUT2D eigenvalue weighted by Gasteiger charge is -2.43. The van der Waals surface area contributed by atoms with Crippen molar-refractivity contribution in [3.63, 3.8) is 0 Å². The molecule has 2 fully saturated rings. The topological polar surface area (TPSA) is 32.3 Å². The lowest BCUT2D eigenvalue weighted by atomic mass is 9.88. The van der Waals surface area contributed by atoms with Gasteiger partial charge in [-0.2, -0.15) is 0 Å². The third-order valence-corrected chi connectivity index (χ3v) is 4.63. The van der Waals surface area contributed by atoms with E-state index in [2.05, 4.69) is 37.9 Å². The van der Waals surface area contributed by atoms with E-state index >= 15 is 0 Å². The number of rotatable bonds is 1. The second-order valence-electron chi connectivity index (χ2n) is 6.57. The van der Waals surface area contributed by atoms with E-state index in [1.165, 1.54) is 12.8 Å². The van der Waals surface area contributed by atoms with Crippen molar-refractivity contribution in [3.8, 4) is 0 Å². The highest BCUT2D eigenvalue weighted by Gasteiger charge is 2.36. The van der Waals surface area contributed by atoms with Crippen LogP contribution in [-0.2, 0) is 4.79 Å². The lowest BCUT2D eigenvalue weighted by Crippen LogP contribution is -2.58. The van der Waals surface area contributed by atoms with Gasteiger partial charge >= 0.3 is 0 Å². The molecule has 0 aromatic heterocycles. The maximum atomic E-state index is 12.7. The number of hydrogen-bond donors (Lipinski definition) is 1. The van der Waals surface area contributed by atoms with Crippen LogP contribution in [0.3, 0.4) is 0 Å². The molecule has 2 aliphatic heterocycles. The minimum Gasteiger partial charge on any atom is -0.336 e. The summed E-state index contributed by atoms with van der Waals surface area (Å²) in [4.78, 5) is 14.9. The van der Waals surface area contributed by atoms with E-state index in [0.29, 0.717) is 30.0 Å². The summed E-state index contributed by atoms with van der Waals surface area (Å²) in [6.45, 7) is 8.85. The normalized spacial score (nSPS) is 41.8. The molecule has 3 nitrogen and oxygen atoms in total. The maximum absolute atomic E-state index is 12.7. The second-order valence-corrected chi connectivity index (χ2v) is 6.57. The first-order chi connectivity index (χ1) is 8.49. The molecule has 0 saturated carbocycles. The summed E-state index contributed by atoms with van der Waals surface area (Å²) in [7, 11) is 0. The summed E-state index contributed by atoms with van der Waals surface area (Å²) in [5.41, 5.74) is 0. The zero-order valence-corrected chi connectivity index (χ0v) is 12.3. The molecule has 2 saturated heterocycles. The van der Waals surface area contributed by atoms with Crippen molar-refractivity contribution in [2.75, 3.05) is 0 Å². The van der Waals surface area contributed by atoms with Gasteiger partial charge in [0, 0.05) is 18.1 Å². The number of carbonyl (C=O) groups is 1. The molecule has 0 bridgehead atoms. The van der Waals surface area contributed by atoms with Crippen molar-refractivity contribution in [2.24, 2.45) is 5.92 Å². The Morgan fingerprint density at radius 2 is 1.67 bits per heavy atom. The van der Waals surface area contributed by atoms with Gasteiger partial charge in [-0.1, -0.05) is 6.92 Å². The summed E-state index contributed by atoms with van der Waals surface area (Å²) >= 11 is 0. The van der Waals surface area contributed by atoms with Crippen molar-refractivity contribution in [3.05, 3.63) is 0 Å². The molecule has 3 heteroatoms. The van der Waals surface area contributed by atoms with Gasteiger partial charge in [0.05, 0.1) is 6.04 Å². The van der Waals surface area contributed by atoms with E-state index in [4.69, 9.17) is 0 Å². The first kappa shape index (κ1) is 13.9. The van der Waals surface area contributed by atoms with E-state index in [1.54, 1.807) is 0 Å². The van der Waals surface area contributed by atoms with Crippen LogP contribution >= 0.6 is 0 Å². The van der Waals surface area contributed by atoms with E-state index in [9.17, 15) is 4.79 Å². The summed E-state index contributed by atoms with van der Waals surface area (Å²) in [5.74, 6) is 0.999. The molecule has 5 atom stereocenters. The smallest absolute Gasteiger partial charge is 0.240 e. The maximum Gasteiger partial charge on any atom is 0.240 e. The molecule has 18 heavy (non-hydrogen) atoms. The van der Waals surface area contributed by atoms with Crippen LogP contribution in [0.25, 0.3) is 0 Å². The Bertz CT molecular complexity index is 285. The van der Waals surface area contributed by atoms with Gasteiger partial charge in [-0.25, -0.2) is 0 Å².